The molecule has 0 unspecified atom stereocenters. The molecule has 1 amide bonds. The molecule has 0 radical (unpaired) electrons. The predicted octanol–water partition coefficient (Wildman–Crippen LogP) is 1.17. The van der Waals surface area contributed by atoms with Crippen molar-refractivity contribution in [2.45, 2.75) is 0 Å². The molecule has 7 nitrogen and oxygen atoms in total. The lowest BCUT2D eigenvalue weighted by Crippen LogP contribution is -2.10. The number of carbonyl (C=O) groups is 1. The zero-order chi connectivity index (χ0) is 14.8. The summed E-state index contributed by atoms with van der Waals surface area (Å²) in [4.78, 5) is 15.3. The molecule has 0 fully saturated rings. The highest BCUT2D eigenvalue weighted by molar-refractivity contribution is 5.92. The first-order chi connectivity index (χ1) is 10.2. The lowest BCUT2D eigenvalue weighted by molar-refractivity contribution is 0.100. The molecule has 21 heavy (non-hydrogen) atoms. The Hall–Kier alpha value is -3.09. The number of pyridine rings is 1. The van der Waals surface area contributed by atoms with Crippen molar-refractivity contribution in [3.05, 3.63) is 54.6 Å². The van der Waals surface area contributed by atoms with Gasteiger partial charge in [-0.3, -0.25) is 4.79 Å². The lowest BCUT2D eigenvalue weighted by Gasteiger charge is -2.08. The Bertz CT molecular complexity index is 773. The molecule has 0 bridgehead atoms. The van der Waals surface area contributed by atoms with Gasteiger partial charge in [0, 0.05) is 24.5 Å². The van der Waals surface area contributed by atoms with Gasteiger partial charge in [-0.05, 0) is 12.1 Å². The molecule has 7 heteroatoms. The summed E-state index contributed by atoms with van der Waals surface area (Å²) >= 11 is 0. The SMILES string of the molecule is COc1ccc(-n2nccc2-n2ccc(C(N)=O)c2)cn1. The Morgan fingerprint density at radius 3 is 2.76 bits per heavy atom. The normalized spacial score (nSPS) is 10.5. The first kappa shape index (κ1) is 12.9. The number of nitrogens with two attached hydrogens (primary N) is 1. The Morgan fingerprint density at radius 1 is 1.29 bits per heavy atom. The fourth-order valence-electron chi connectivity index (χ4n) is 1.99. The van der Waals surface area contributed by atoms with Crippen molar-refractivity contribution >= 4 is 5.91 Å². The molecule has 0 atom stereocenters. The van der Waals surface area contributed by atoms with Crippen LogP contribution < -0.4 is 10.5 Å². The van der Waals surface area contributed by atoms with Crippen LogP contribution in [0.15, 0.2) is 49.1 Å². The van der Waals surface area contributed by atoms with E-state index in [4.69, 9.17) is 10.5 Å². The van der Waals surface area contributed by atoms with Crippen LogP contribution in [0, 0.1) is 0 Å². The first-order valence-corrected chi connectivity index (χ1v) is 6.21. The largest absolute Gasteiger partial charge is 0.481 e. The number of ether oxygens (including phenoxy) is 1. The zero-order valence-electron chi connectivity index (χ0n) is 11.3. The quantitative estimate of drug-likeness (QED) is 0.778. The molecule has 0 saturated heterocycles. The third-order valence-corrected chi connectivity index (χ3v) is 3.04. The summed E-state index contributed by atoms with van der Waals surface area (Å²) in [5.74, 6) is 0.838. The van der Waals surface area contributed by atoms with E-state index in [1.54, 1.807) is 53.3 Å². The third kappa shape index (κ3) is 2.36. The second-order valence-corrected chi connectivity index (χ2v) is 4.33. The van der Waals surface area contributed by atoms with E-state index < -0.39 is 5.91 Å². The van der Waals surface area contributed by atoms with Gasteiger partial charge in [0.1, 0.15) is 5.82 Å². The minimum absolute atomic E-state index is 0.440. The number of aromatic nitrogens is 4. The summed E-state index contributed by atoms with van der Waals surface area (Å²) < 4.78 is 8.51. The maximum absolute atomic E-state index is 11.2. The molecular weight excluding hydrogens is 270 g/mol. The average Bonchev–Trinajstić information content (AvgIpc) is 3.16. The third-order valence-electron chi connectivity index (χ3n) is 3.04. The van der Waals surface area contributed by atoms with Crippen molar-refractivity contribution in [3.63, 3.8) is 0 Å². The lowest BCUT2D eigenvalue weighted by atomic mass is 10.3. The zero-order valence-corrected chi connectivity index (χ0v) is 11.3. The van der Waals surface area contributed by atoms with Crippen LogP contribution in [0.25, 0.3) is 11.5 Å². The molecule has 0 aliphatic carbocycles. The molecular formula is C14H13N5O2. The number of nitrogens with zero attached hydrogens (tertiary/aromatic N) is 4. The molecule has 0 saturated carbocycles. The van der Waals surface area contributed by atoms with E-state index in [1.807, 2.05) is 12.1 Å². The summed E-state index contributed by atoms with van der Waals surface area (Å²) in [7, 11) is 1.56. The molecule has 2 N–H and O–H groups in total. The van der Waals surface area contributed by atoms with Crippen molar-refractivity contribution < 1.29 is 9.53 Å². The van der Waals surface area contributed by atoms with Crippen molar-refractivity contribution in [1.82, 2.24) is 19.3 Å². The summed E-state index contributed by atoms with van der Waals surface area (Å²) in [5.41, 5.74) is 6.49. The van der Waals surface area contributed by atoms with E-state index in [-0.39, 0.29) is 0 Å². The van der Waals surface area contributed by atoms with Gasteiger partial charge in [-0.15, -0.1) is 0 Å². The molecule has 106 valence electrons. The Labute approximate surface area is 120 Å². The van der Waals surface area contributed by atoms with E-state index in [1.165, 1.54) is 0 Å². The number of primary amides is 1. The van der Waals surface area contributed by atoms with Gasteiger partial charge in [0.25, 0.3) is 0 Å². The molecule has 0 spiro atoms. The molecule has 0 aliphatic rings. The van der Waals surface area contributed by atoms with Crippen molar-refractivity contribution in [1.29, 1.82) is 0 Å². The van der Waals surface area contributed by atoms with Crippen LogP contribution in [0.2, 0.25) is 0 Å². The Kier molecular flexibility index (Phi) is 3.15. The van der Waals surface area contributed by atoms with Gasteiger partial charge in [-0.25, -0.2) is 9.67 Å². The van der Waals surface area contributed by atoms with Gasteiger partial charge < -0.3 is 15.0 Å². The van der Waals surface area contributed by atoms with E-state index in [9.17, 15) is 4.79 Å². The maximum Gasteiger partial charge on any atom is 0.250 e. The number of hydrogen-bond acceptors (Lipinski definition) is 4. The molecule has 3 aromatic heterocycles. The summed E-state index contributed by atoms with van der Waals surface area (Å²) in [5, 5.41) is 4.27. The topological polar surface area (TPSA) is 88.0 Å². The monoisotopic (exact) mass is 283 g/mol. The number of methoxy groups -OCH3 is 1. The van der Waals surface area contributed by atoms with Gasteiger partial charge in [0.2, 0.25) is 11.8 Å². The summed E-state index contributed by atoms with van der Waals surface area (Å²) in [6, 6.07) is 7.09. The minimum Gasteiger partial charge on any atom is -0.481 e. The van der Waals surface area contributed by atoms with Gasteiger partial charge in [-0.2, -0.15) is 5.10 Å². The molecule has 3 heterocycles. The minimum atomic E-state index is -0.467. The Morgan fingerprint density at radius 2 is 2.14 bits per heavy atom. The number of hydrogen-bond donors (Lipinski definition) is 1. The highest BCUT2D eigenvalue weighted by Gasteiger charge is 2.10. The van der Waals surface area contributed by atoms with Gasteiger partial charge >= 0.3 is 0 Å². The fourth-order valence-corrected chi connectivity index (χ4v) is 1.99. The second kappa shape index (κ2) is 5.12. The molecule has 3 aromatic rings. The van der Waals surface area contributed by atoms with Crippen molar-refractivity contribution in [3.8, 4) is 17.4 Å². The van der Waals surface area contributed by atoms with Crippen molar-refractivity contribution in [2.75, 3.05) is 7.11 Å². The van der Waals surface area contributed by atoms with Crippen LogP contribution in [0.4, 0.5) is 0 Å². The number of rotatable bonds is 4. The predicted molar refractivity (Wildman–Crippen MR) is 75.8 cm³/mol. The smallest absolute Gasteiger partial charge is 0.250 e. The first-order valence-electron chi connectivity index (χ1n) is 6.21. The van der Waals surface area contributed by atoms with Crippen LogP contribution in [-0.2, 0) is 0 Å². The highest BCUT2D eigenvalue weighted by atomic mass is 16.5. The molecule has 3 rings (SSSR count). The highest BCUT2D eigenvalue weighted by Crippen LogP contribution is 2.16. The van der Waals surface area contributed by atoms with E-state index in [2.05, 4.69) is 10.1 Å². The van der Waals surface area contributed by atoms with Gasteiger partial charge in [-0.1, -0.05) is 0 Å². The van der Waals surface area contributed by atoms with Crippen LogP contribution in [-0.4, -0.2) is 32.3 Å². The summed E-state index contributed by atoms with van der Waals surface area (Å²) in [6.07, 6.45) is 6.74. The van der Waals surface area contributed by atoms with Crippen LogP contribution in [0.5, 0.6) is 5.88 Å². The van der Waals surface area contributed by atoms with Gasteiger partial charge in [0.15, 0.2) is 0 Å². The van der Waals surface area contributed by atoms with Crippen LogP contribution >= 0.6 is 0 Å². The average molecular weight is 283 g/mol. The number of carbonyl (C=O) groups excluding carboxylic acids is 1. The number of amides is 1. The van der Waals surface area contributed by atoms with E-state index in [0.717, 1.165) is 11.5 Å². The van der Waals surface area contributed by atoms with Crippen LogP contribution in [0.1, 0.15) is 10.4 Å². The van der Waals surface area contributed by atoms with Crippen molar-refractivity contribution in [2.24, 2.45) is 5.73 Å². The van der Waals surface area contributed by atoms with Gasteiger partial charge in [0.05, 0.1) is 30.8 Å². The molecule has 0 aliphatic heterocycles. The summed E-state index contributed by atoms with van der Waals surface area (Å²) in [6.45, 7) is 0. The van der Waals surface area contributed by atoms with E-state index >= 15 is 0 Å². The standard InChI is InChI=1S/C14H13N5O2/c1-21-12-3-2-11(8-16-12)19-13(4-6-17-19)18-7-5-10(9-18)14(15)20/h2-9H,1H3,(H2,15,20). The molecule has 0 aromatic carbocycles. The van der Waals surface area contributed by atoms with Crippen LogP contribution in [0.3, 0.4) is 0 Å². The fraction of sp³-hybridized carbons (Fsp3) is 0.0714. The Balaban J connectivity index is 2.01. The van der Waals surface area contributed by atoms with E-state index in [0.29, 0.717) is 11.4 Å². The second-order valence-electron chi connectivity index (χ2n) is 4.33. The maximum atomic E-state index is 11.2.